The standard InChI is InChI=1S/C15H20O2/c1-2-3-4-8-11-13-14(17-15(13)16)12-9-6-5-7-10-12/h5-7,9-10,13-14H,2-4,8,11H2,1H3/t13-,14-/m1/s1. The van der Waals surface area contributed by atoms with Gasteiger partial charge < -0.3 is 4.74 Å². The van der Waals surface area contributed by atoms with Gasteiger partial charge in [0.2, 0.25) is 0 Å². The molecular formula is C15H20O2. The fourth-order valence-electron chi connectivity index (χ4n) is 2.35. The third-order valence-electron chi connectivity index (χ3n) is 3.41. The Morgan fingerprint density at radius 2 is 1.88 bits per heavy atom. The first-order valence-corrected chi connectivity index (χ1v) is 6.58. The average Bonchev–Trinajstić information content (AvgIpc) is 2.36. The molecule has 1 fully saturated rings. The molecule has 1 heterocycles. The van der Waals surface area contributed by atoms with Crippen molar-refractivity contribution in [3.8, 4) is 0 Å². The lowest BCUT2D eigenvalue weighted by Crippen LogP contribution is -2.38. The van der Waals surface area contributed by atoms with Gasteiger partial charge in [-0.1, -0.05) is 62.9 Å². The van der Waals surface area contributed by atoms with E-state index >= 15 is 0 Å². The first kappa shape index (κ1) is 12.2. The Balaban J connectivity index is 1.86. The maximum Gasteiger partial charge on any atom is 0.313 e. The topological polar surface area (TPSA) is 26.3 Å². The van der Waals surface area contributed by atoms with Crippen LogP contribution in [0.4, 0.5) is 0 Å². The monoisotopic (exact) mass is 232 g/mol. The van der Waals surface area contributed by atoms with Crippen molar-refractivity contribution in [2.24, 2.45) is 5.92 Å². The largest absolute Gasteiger partial charge is 0.456 e. The average molecular weight is 232 g/mol. The second-order valence-electron chi connectivity index (χ2n) is 4.72. The van der Waals surface area contributed by atoms with Crippen LogP contribution in [0.3, 0.4) is 0 Å². The highest BCUT2D eigenvalue weighted by molar-refractivity contribution is 5.79. The zero-order valence-electron chi connectivity index (χ0n) is 10.4. The molecule has 2 atom stereocenters. The summed E-state index contributed by atoms with van der Waals surface area (Å²) in [5.41, 5.74) is 1.13. The van der Waals surface area contributed by atoms with Crippen LogP contribution >= 0.6 is 0 Å². The van der Waals surface area contributed by atoms with Gasteiger partial charge in [0, 0.05) is 0 Å². The molecule has 1 saturated heterocycles. The number of ether oxygens (including phenoxy) is 1. The highest BCUT2D eigenvalue weighted by Gasteiger charge is 2.42. The molecule has 0 radical (unpaired) electrons. The predicted octanol–water partition coefficient (Wildman–Crippen LogP) is 3.87. The van der Waals surface area contributed by atoms with E-state index in [9.17, 15) is 4.79 Å². The summed E-state index contributed by atoms with van der Waals surface area (Å²) in [6, 6.07) is 10.1. The highest BCUT2D eigenvalue weighted by atomic mass is 16.6. The van der Waals surface area contributed by atoms with Crippen molar-refractivity contribution in [2.75, 3.05) is 0 Å². The van der Waals surface area contributed by atoms with E-state index in [1.807, 2.05) is 30.3 Å². The number of benzene rings is 1. The molecule has 0 unspecified atom stereocenters. The number of unbranched alkanes of at least 4 members (excludes halogenated alkanes) is 3. The summed E-state index contributed by atoms with van der Waals surface area (Å²) in [7, 11) is 0. The second kappa shape index (κ2) is 5.85. The van der Waals surface area contributed by atoms with Gasteiger partial charge in [-0.25, -0.2) is 0 Å². The van der Waals surface area contributed by atoms with Crippen LogP contribution in [0.15, 0.2) is 30.3 Å². The molecule has 0 N–H and O–H groups in total. The maximum absolute atomic E-state index is 11.5. The van der Waals surface area contributed by atoms with E-state index in [4.69, 9.17) is 4.74 Å². The molecule has 1 aliphatic heterocycles. The summed E-state index contributed by atoms with van der Waals surface area (Å²) in [5, 5.41) is 0. The van der Waals surface area contributed by atoms with Crippen molar-refractivity contribution >= 4 is 5.97 Å². The van der Waals surface area contributed by atoms with E-state index in [1.165, 1.54) is 19.3 Å². The molecule has 0 amide bonds. The molecule has 2 heteroatoms. The number of carbonyl (C=O) groups is 1. The number of hydrogen-bond acceptors (Lipinski definition) is 2. The zero-order valence-corrected chi connectivity index (χ0v) is 10.4. The molecule has 0 aliphatic carbocycles. The second-order valence-corrected chi connectivity index (χ2v) is 4.72. The molecule has 0 spiro atoms. The Kier molecular flexibility index (Phi) is 4.18. The van der Waals surface area contributed by atoms with Gasteiger partial charge in [0.05, 0.1) is 5.92 Å². The first-order chi connectivity index (χ1) is 8.33. The minimum atomic E-state index is -0.0182. The third-order valence-corrected chi connectivity index (χ3v) is 3.41. The number of cyclic esters (lactones) is 1. The molecular weight excluding hydrogens is 212 g/mol. The molecule has 0 saturated carbocycles. The molecule has 1 aromatic rings. The Labute approximate surface area is 103 Å². The minimum Gasteiger partial charge on any atom is -0.456 e. The van der Waals surface area contributed by atoms with Gasteiger partial charge >= 0.3 is 5.97 Å². The molecule has 92 valence electrons. The molecule has 1 aliphatic rings. The number of hydrogen-bond donors (Lipinski definition) is 0. The van der Waals surface area contributed by atoms with Crippen molar-refractivity contribution in [3.05, 3.63) is 35.9 Å². The quantitative estimate of drug-likeness (QED) is 0.549. The van der Waals surface area contributed by atoms with Crippen LogP contribution in [0.25, 0.3) is 0 Å². The summed E-state index contributed by atoms with van der Waals surface area (Å²) in [4.78, 5) is 11.5. The van der Waals surface area contributed by atoms with Crippen LogP contribution in [0.2, 0.25) is 0 Å². The van der Waals surface area contributed by atoms with E-state index < -0.39 is 0 Å². The van der Waals surface area contributed by atoms with Gasteiger partial charge in [-0.3, -0.25) is 4.79 Å². The SMILES string of the molecule is CCCCCC[C@H]1C(=O)O[C@@H]1c1ccccc1. The molecule has 2 rings (SSSR count). The lowest BCUT2D eigenvalue weighted by Gasteiger charge is -2.35. The molecule has 0 aromatic heterocycles. The van der Waals surface area contributed by atoms with Gasteiger partial charge in [0.25, 0.3) is 0 Å². The van der Waals surface area contributed by atoms with Gasteiger partial charge in [-0.15, -0.1) is 0 Å². The van der Waals surface area contributed by atoms with Gasteiger partial charge in [-0.05, 0) is 12.0 Å². The molecule has 0 bridgehead atoms. The van der Waals surface area contributed by atoms with E-state index in [0.717, 1.165) is 18.4 Å². The summed E-state index contributed by atoms with van der Waals surface area (Å²) in [5.74, 6) is 0.0737. The van der Waals surface area contributed by atoms with Crippen molar-refractivity contribution < 1.29 is 9.53 Å². The summed E-state index contributed by atoms with van der Waals surface area (Å²) in [6.45, 7) is 2.20. The first-order valence-electron chi connectivity index (χ1n) is 6.58. The number of rotatable bonds is 6. The number of carbonyl (C=O) groups excluding carboxylic acids is 1. The third kappa shape index (κ3) is 2.87. The van der Waals surface area contributed by atoms with Crippen molar-refractivity contribution in [2.45, 2.75) is 45.1 Å². The Hall–Kier alpha value is -1.31. The van der Waals surface area contributed by atoms with Crippen LogP contribution in [0.1, 0.15) is 50.7 Å². The summed E-state index contributed by atoms with van der Waals surface area (Å²) >= 11 is 0. The van der Waals surface area contributed by atoms with Crippen molar-refractivity contribution in [1.82, 2.24) is 0 Å². The summed E-state index contributed by atoms with van der Waals surface area (Å²) in [6.07, 6.45) is 5.83. The van der Waals surface area contributed by atoms with Crippen LogP contribution in [0.5, 0.6) is 0 Å². The lowest BCUT2D eigenvalue weighted by atomic mass is 9.86. The van der Waals surface area contributed by atoms with Gasteiger partial charge in [0.1, 0.15) is 6.10 Å². The fourth-order valence-corrected chi connectivity index (χ4v) is 2.35. The van der Waals surface area contributed by atoms with Gasteiger partial charge in [-0.2, -0.15) is 0 Å². The summed E-state index contributed by atoms with van der Waals surface area (Å²) < 4.78 is 5.26. The van der Waals surface area contributed by atoms with Crippen LogP contribution < -0.4 is 0 Å². The van der Waals surface area contributed by atoms with E-state index in [0.29, 0.717) is 0 Å². The molecule has 1 aromatic carbocycles. The van der Waals surface area contributed by atoms with Gasteiger partial charge in [0.15, 0.2) is 0 Å². The Morgan fingerprint density at radius 3 is 2.53 bits per heavy atom. The van der Waals surface area contributed by atoms with Crippen LogP contribution in [-0.4, -0.2) is 5.97 Å². The van der Waals surface area contributed by atoms with Crippen molar-refractivity contribution in [3.63, 3.8) is 0 Å². The Bertz CT molecular complexity index is 358. The maximum atomic E-state index is 11.5. The van der Waals surface area contributed by atoms with Crippen LogP contribution in [-0.2, 0) is 9.53 Å². The van der Waals surface area contributed by atoms with Crippen molar-refractivity contribution in [1.29, 1.82) is 0 Å². The highest BCUT2D eigenvalue weighted by Crippen LogP contribution is 2.39. The van der Waals surface area contributed by atoms with Crippen LogP contribution in [0, 0.1) is 5.92 Å². The normalized spacial score (nSPS) is 23.0. The lowest BCUT2D eigenvalue weighted by molar-refractivity contribution is -0.186. The Morgan fingerprint density at radius 1 is 1.12 bits per heavy atom. The predicted molar refractivity (Wildman–Crippen MR) is 67.5 cm³/mol. The van der Waals surface area contributed by atoms with E-state index in [-0.39, 0.29) is 18.0 Å². The molecule has 2 nitrogen and oxygen atoms in total. The molecule has 17 heavy (non-hydrogen) atoms. The van der Waals surface area contributed by atoms with E-state index in [2.05, 4.69) is 6.92 Å². The smallest absolute Gasteiger partial charge is 0.313 e. The fraction of sp³-hybridized carbons (Fsp3) is 0.533. The minimum absolute atomic E-state index is 0.00493. The van der Waals surface area contributed by atoms with E-state index in [1.54, 1.807) is 0 Å². The zero-order chi connectivity index (χ0) is 12.1. The number of esters is 1.